The predicted octanol–water partition coefficient (Wildman–Crippen LogP) is 2.86. The first kappa shape index (κ1) is 17.7. The smallest absolute Gasteiger partial charge is 0.315 e. The van der Waals surface area contributed by atoms with Crippen LogP contribution in [0.15, 0.2) is 42.5 Å². The summed E-state index contributed by atoms with van der Waals surface area (Å²) in [6.45, 7) is 2.85. The van der Waals surface area contributed by atoms with Gasteiger partial charge in [0.05, 0.1) is 19.7 Å². The number of hydrogen-bond donors (Lipinski definition) is 2. The molecule has 0 aromatic heterocycles. The second kappa shape index (κ2) is 8.33. The monoisotopic (exact) mass is 358 g/mol. The Kier molecular flexibility index (Phi) is 5.68. The minimum absolute atomic E-state index is 0.167. The van der Waals surface area contributed by atoms with Crippen molar-refractivity contribution in [2.24, 2.45) is 0 Å². The fraction of sp³-hybridized carbons (Fsp3) is 0.316. The Morgan fingerprint density at radius 1 is 1.15 bits per heavy atom. The number of fused-ring (bicyclic) bond motifs is 1. The molecule has 0 saturated carbocycles. The van der Waals surface area contributed by atoms with Crippen molar-refractivity contribution >= 4 is 6.03 Å². The third-order valence-corrected chi connectivity index (χ3v) is 3.96. The van der Waals surface area contributed by atoms with E-state index in [1.165, 1.54) is 0 Å². The SMILES string of the molecule is COc1ccccc1OCCNC(=O)NC(C)c1ccc2c(c1)OCO2. The summed E-state index contributed by atoms with van der Waals surface area (Å²) in [6, 6.07) is 12.6. The minimum atomic E-state index is -0.265. The molecule has 0 saturated heterocycles. The van der Waals surface area contributed by atoms with E-state index < -0.39 is 0 Å². The van der Waals surface area contributed by atoms with Gasteiger partial charge >= 0.3 is 6.03 Å². The van der Waals surface area contributed by atoms with Gasteiger partial charge in [-0.25, -0.2) is 4.79 Å². The lowest BCUT2D eigenvalue weighted by Crippen LogP contribution is -2.39. The number of rotatable bonds is 7. The lowest BCUT2D eigenvalue weighted by Gasteiger charge is -2.16. The number of ether oxygens (including phenoxy) is 4. The molecule has 2 aromatic rings. The number of amides is 2. The first-order chi connectivity index (χ1) is 12.7. The molecule has 2 aromatic carbocycles. The van der Waals surface area contributed by atoms with Crippen molar-refractivity contribution < 1.29 is 23.7 Å². The van der Waals surface area contributed by atoms with E-state index >= 15 is 0 Å². The fourth-order valence-electron chi connectivity index (χ4n) is 2.58. The highest BCUT2D eigenvalue weighted by Crippen LogP contribution is 2.34. The quantitative estimate of drug-likeness (QED) is 0.744. The molecule has 26 heavy (non-hydrogen) atoms. The van der Waals surface area contributed by atoms with Crippen molar-refractivity contribution in [1.82, 2.24) is 10.6 Å². The van der Waals surface area contributed by atoms with Gasteiger partial charge in [0.1, 0.15) is 6.61 Å². The predicted molar refractivity (Wildman–Crippen MR) is 96.0 cm³/mol. The van der Waals surface area contributed by atoms with E-state index in [4.69, 9.17) is 18.9 Å². The molecular weight excluding hydrogens is 336 g/mol. The van der Waals surface area contributed by atoms with Crippen LogP contribution in [-0.2, 0) is 0 Å². The molecule has 1 atom stereocenters. The number of nitrogens with one attached hydrogen (secondary N) is 2. The van der Waals surface area contributed by atoms with Gasteiger partial charge in [-0.1, -0.05) is 18.2 Å². The molecule has 0 bridgehead atoms. The second-order valence-corrected chi connectivity index (χ2v) is 5.73. The number of para-hydroxylation sites is 2. The first-order valence-corrected chi connectivity index (χ1v) is 8.37. The average molecular weight is 358 g/mol. The van der Waals surface area contributed by atoms with Gasteiger partial charge in [-0.2, -0.15) is 0 Å². The van der Waals surface area contributed by atoms with E-state index in [2.05, 4.69) is 10.6 Å². The zero-order chi connectivity index (χ0) is 18.4. The summed E-state index contributed by atoms with van der Waals surface area (Å²) in [6.07, 6.45) is 0. The minimum Gasteiger partial charge on any atom is -0.493 e. The molecule has 0 radical (unpaired) electrons. The van der Waals surface area contributed by atoms with E-state index in [9.17, 15) is 4.79 Å². The van der Waals surface area contributed by atoms with Gasteiger partial charge in [0.25, 0.3) is 0 Å². The van der Waals surface area contributed by atoms with E-state index in [0.29, 0.717) is 30.4 Å². The van der Waals surface area contributed by atoms with Crippen LogP contribution in [0.5, 0.6) is 23.0 Å². The molecule has 138 valence electrons. The summed E-state index contributed by atoms with van der Waals surface area (Å²) in [5.74, 6) is 2.72. The molecule has 2 amide bonds. The molecule has 2 N–H and O–H groups in total. The van der Waals surface area contributed by atoms with Crippen molar-refractivity contribution in [2.45, 2.75) is 13.0 Å². The van der Waals surface area contributed by atoms with Crippen molar-refractivity contribution in [3.8, 4) is 23.0 Å². The largest absolute Gasteiger partial charge is 0.493 e. The van der Waals surface area contributed by atoms with Gasteiger partial charge in [0.15, 0.2) is 23.0 Å². The third kappa shape index (κ3) is 4.30. The normalized spacial score (nSPS) is 13.0. The molecule has 1 unspecified atom stereocenters. The van der Waals surface area contributed by atoms with Crippen LogP contribution in [0.1, 0.15) is 18.5 Å². The molecular formula is C19H22N2O5. The summed E-state index contributed by atoms with van der Waals surface area (Å²) in [4.78, 5) is 12.0. The van der Waals surface area contributed by atoms with Crippen LogP contribution >= 0.6 is 0 Å². The lowest BCUT2D eigenvalue weighted by atomic mass is 10.1. The number of hydrogen-bond acceptors (Lipinski definition) is 5. The molecule has 0 fully saturated rings. The lowest BCUT2D eigenvalue weighted by molar-refractivity contribution is 0.174. The molecule has 3 rings (SSSR count). The van der Waals surface area contributed by atoms with E-state index in [1.54, 1.807) is 7.11 Å². The number of carbonyl (C=O) groups is 1. The summed E-state index contributed by atoms with van der Waals surface area (Å²) >= 11 is 0. The van der Waals surface area contributed by atoms with E-state index in [-0.39, 0.29) is 18.9 Å². The van der Waals surface area contributed by atoms with Crippen LogP contribution in [0.2, 0.25) is 0 Å². The van der Waals surface area contributed by atoms with E-state index in [1.807, 2.05) is 49.4 Å². The fourth-order valence-corrected chi connectivity index (χ4v) is 2.58. The molecule has 1 heterocycles. The molecule has 7 nitrogen and oxygen atoms in total. The second-order valence-electron chi connectivity index (χ2n) is 5.73. The van der Waals surface area contributed by atoms with Gasteiger partial charge in [-0.05, 0) is 36.8 Å². The Labute approximate surface area is 152 Å². The molecule has 1 aliphatic rings. The Bertz CT molecular complexity index is 765. The molecule has 0 spiro atoms. The summed E-state index contributed by atoms with van der Waals surface area (Å²) < 4.78 is 21.5. The van der Waals surface area contributed by atoms with E-state index in [0.717, 1.165) is 11.3 Å². The van der Waals surface area contributed by atoms with Gasteiger partial charge < -0.3 is 29.6 Å². The number of benzene rings is 2. The number of urea groups is 1. The standard InChI is InChI=1S/C19H22N2O5/c1-13(14-7-8-17-18(11-14)26-12-25-17)21-19(22)20-9-10-24-16-6-4-3-5-15(16)23-2/h3-8,11,13H,9-10,12H2,1-2H3,(H2,20,21,22). The highest BCUT2D eigenvalue weighted by atomic mass is 16.7. The summed E-state index contributed by atoms with van der Waals surface area (Å²) in [5.41, 5.74) is 0.940. The van der Waals surface area contributed by atoms with Crippen LogP contribution in [-0.4, -0.2) is 33.1 Å². The van der Waals surface area contributed by atoms with Gasteiger partial charge in [0.2, 0.25) is 6.79 Å². The Morgan fingerprint density at radius 2 is 1.92 bits per heavy atom. The topological polar surface area (TPSA) is 78.1 Å². The van der Waals surface area contributed by atoms with Gasteiger partial charge in [-0.3, -0.25) is 0 Å². The maximum atomic E-state index is 12.0. The Hall–Kier alpha value is -3.09. The summed E-state index contributed by atoms with van der Waals surface area (Å²) in [7, 11) is 1.59. The number of methoxy groups -OCH3 is 1. The highest BCUT2D eigenvalue weighted by molar-refractivity contribution is 5.74. The van der Waals surface area contributed by atoms with Crippen molar-refractivity contribution in [2.75, 3.05) is 27.1 Å². The van der Waals surface area contributed by atoms with Crippen molar-refractivity contribution in [3.63, 3.8) is 0 Å². The molecule has 7 heteroatoms. The summed E-state index contributed by atoms with van der Waals surface area (Å²) in [5, 5.41) is 5.65. The molecule has 1 aliphatic heterocycles. The Morgan fingerprint density at radius 3 is 2.73 bits per heavy atom. The van der Waals surface area contributed by atoms with Crippen LogP contribution in [0.4, 0.5) is 4.79 Å². The zero-order valence-electron chi connectivity index (χ0n) is 14.8. The zero-order valence-corrected chi connectivity index (χ0v) is 14.8. The third-order valence-electron chi connectivity index (χ3n) is 3.96. The van der Waals surface area contributed by atoms with Crippen LogP contribution in [0.25, 0.3) is 0 Å². The van der Waals surface area contributed by atoms with Crippen LogP contribution in [0, 0.1) is 0 Å². The van der Waals surface area contributed by atoms with Crippen molar-refractivity contribution in [3.05, 3.63) is 48.0 Å². The van der Waals surface area contributed by atoms with Gasteiger partial charge in [0, 0.05) is 0 Å². The maximum Gasteiger partial charge on any atom is 0.315 e. The highest BCUT2D eigenvalue weighted by Gasteiger charge is 2.16. The Balaban J connectivity index is 1.42. The van der Waals surface area contributed by atoms with Crippen LogP contribution in [0.3, 0.4) is 0 Å². The van der Waals surface area contributed by atoms with Crippen LogP contribution < -0.4 is 29.6 Å². The molecule has 0 aliphatic carbocycles. The number of carbonyl (C=O) groups excluding carboxylic acids is 1. The maximum absolute atomic E-state index is 12.0. The van der Waals surface area contributed by atoms with Crippen molar-refractivity contribution in [1.29, 1.82) is 0 Å². The first-order valence-electron chi connectivity index (χ1n) is 8.37. The average Bonchev–Trinajstić information content (AvgIpc) is 3.13. The van der Waals surface area contributed by atoms with Gasteiger partial charge in [-0.15, -0.1) is 0 Å².